The van der Waals surface area contributed by atoms with Crippen molar-refractivity contribution in [2.45, 2.75) is 5.16 Å². The molecule has 0 aliphatic heterocycles. The number of H-pyrrole nitrogens is 1. The van der Waals surface area contributed by atoms with Crippen LogP contribution in [0.5, 0.6) is 0 Å². The molecule has 0 atom stereocenters. The number of Topliss-reactive ketones (excluding diaryl/α,β-unsaturated/α-hetero) is 1. The second-order valence-electron chi connectivity index (χ2n) is 6.99. The molecule has 2 heterocycles. The molecule has 5 rings (SSSR count). The molecule has 0 radical (unpaired) electrons. The topological polar surface area (TPSA) is 67.8 Å². The molecule has 0 aliphatic carbocycles. The second-order valence-corrected chi connectivity index (χ2v) is 8.37. The number of carbonyl (C=O) groups excluding carboxylic acids is 1. The Morgan fingerprint density at radius 2 is 1.77 bits per heavy atom. The number of thioether (sulfide) groups is 1. The SMILES string of the molecule is O=C(CSc1nc2c([nH]c3ccccc32)c(=O)n1-c1cccc(Cl)c1)c1ccccc1. The van der Waals surface area contributed by atoms with Crippen LogP contribution in [0.4, 0.5) is 0 Å². The Kier molecular flexibility index (Phi) is 5.10. The maximum absolute atomic E-state index is 13.5. The van der Waals surface area contributed by atoms with Gasteiger partial charge in [-0.2, -0.15) is 0 Å². The predicted octanol–water partition coefficient (Wildman–Crippen LogP) is 5.50. The molecule has 0 bridgehead atoms. The lowest BCUT2D eigenvalue weighted by Crippen LogP contribution is -2.22. The largest absolute Gasteiger partial charge is 0.349 e. The zero-order valence-corrected chi connectivity index (χ0v) is 17.8. The maximum atomic E-state index is 13.5. The summed E-state index contributed by atoms with van der Waals surface area (Å²) in [6.45, 7) is 0. The smallest absolute Gasteiger partial charge is 0.283 e. The highest BCUT2D eigenvalue weighted by Crippen LogP contribution is 2.27. The number of nitrogens with one attached hydrogen (secondary N) is 1. The normalized spacial score (nSPS) is 11.3. The van der Waals surface area contributed by atoms with Gasteiger partial charge in [0.05, 0.1) is 11.4 Å². The Balaban J connectivity index is 1.67. The number of halogens is 1. The molecule has 0 unspecified atom stereocenters. The fraction of sp³-hybridized carbons (Fsp3) is 0.0417. The van der Waals surface area contributed by atoms with Gasteiger partial charge < -0.3 is 4.98 Å². The standard InChI is InChI=1S/C24H16ClN3O2S/c25-16-9-6-10-17(13-16)28-23(30)22-21(18-11-4-5-12-19(18)26-22)27-24(28)31-14-20(29)15-7-2-1-3-8-15/h1-13,26H,14H2. The summed E-state index contributed by atoms with van der Waals surface area (Å²) in [5, 5.41) is 1.82. The number of carbonyl (C=O) groups is 1. The van der Waals surface area contributed by atoms with Gasteiger partial charge in [0.25, 0.3) is 5.56 Å². The fourth-order valence-electron chi connectivity index (χ4n) is 3.52. The van der Waals surface area contributed by atoms with Crippen molar-refractivity contribution in [3.05, 3.63) is 99.8 Å². The number of nitrogens with zero attached hydrogens (tertiary/aromatic N) is 2. The van der Waals surface area contributed by atoms with Gasteiger partial charge in [0.2, 0.25) is 0 Å². The second kappa shape index (κ2) is 8.06. The first-order valence-electron chi connectivity index (χ1n) is 9.62. The average Bonchev–Trinajstić information content (AvgIpc) is 3.17. The van der Waals surface area contributed by atoms with Crippen LogP contribution in [-0.4, -0.2) is 26.1 Å². The van der Waals surface area contributed by atoms with E-state index in [9.17, 15) is 9.59 Å². The van der Waals surface area contributed by atoms with E-state index in [0.717, 1.165) is 10.9 Å². The molecule has 5 aromatic rings. The van der Waals surface area contributed by atoms with Gasteiger partial charge in [-0.1, -0.05) is 78.0 Å². The molecule has 2 aromatic heterocycles. The van der Waals surface area contributed by atoms with E-state index in [1.807, 2.05) is 42.5 Å². The fourth-order valence-corrected chi connectivity index (χ4v) is 4.60. The van der Waals surface area contributed by atoms with E-state index in [2.05, 4.69) is 4.98 Å². The summed E-state index contributed by atoms with van der Waals surface area (Å²) >= 11 is 7.42. The lowest BCUT2D eigenvalue weighted by Gasteiger charge is -2.12. The summed E-state index contributed by atoms with van der Waals surface area (Å²) in [5.41, 5.74) is 2.83. The predicted molar refractivity (Wildman–Crippen MR) is 126 cm³/mol. The van der Waals surface area contributed by atoms with Gasteiger partial charge in [-0.25, -0.2) is 4.98 Å². The zero-order chi connectivity index (χ0) is 21.4. The number of hydrogen-bond donors (Lipinski definition) is 1. The summed E-state index contributed by atoms with van der Waals surface area (Å²) in [7, 11) is 0. The van der Waals surface area contributed by atoms with Crippen molar-refractivity contribution in [3.63, 3.8) is 0 Å². The molecular weight excluding hydrogens is 430 g/mol. The molecule has 0 saturated heterocycles. The lowest BCUT2D eigenvalue weighted by molar-refractivity contribution is 0.102. The Morgan fingerprint density at radius 1 is 1.00 bits per heavy atom. The number of benzene rings is 3. The number of aromatic amines is 1. The number of aromatic nitrogens is 3. The molecular formula is C24H16ClN3O2S. The molecule has 0 amide bonds. The van der Waals surface area contributed by atoms with E-state index in [4.69, 9.17) is 16.6 Å². The van der Waals surface area contributed by atoms with Crippen LogP contribution in [0.2, 0.25) is 5.02 Å². The van der Waals surface area contributed by atoms with Crippen molar-refractivity contribution in [1.29, 1.82) is 0 Å². The van der Waals surface area contributed by atoms with Gasteiger partial charge in [0.15, 0.2) is 10.9 Å². The molecule has 0 fully saturated rings. The van der Waals surface area contributed by atoms with Crippen molar-refractivity contribution >= 4 is 51.1 Å². The Morgan fingerprint density at radius 3 is 2.58 bits per heavy atom. The Bertz CT molecular complexity index is 1490. The third kappa shape index (κ3) is 3.65. The minimum atomic E-state index is -0.238. The Labute approximate surface area is 186 Å². The van der Waals surface area contributed by atoms with Crippen LogP contribution in [0.25, 0.3) is 27.6 Å². The highest BCUT2D eigenvalue weighted by Gasteiger charge is 2.18. The van der Waals surface area contributed by atoms with E-state index in [1.54, 1.807) is 36.4 Å². The summed E-state index contributed by atoms with van der Waals surface area (Å²) < 4.78 is 1.51. The number of rotatable bonds is 5. The van der Waals surface area contributed by atoms with Crippen LogP contribution in [-0.2, 0) is 0 Å². The molecule has 0 aliphatic rings. The first-order chi connectivity index (χ1) is 15.1. The van der Waals surface area contributed by atoms with Crippen LogP contribution in [0.15, 0.2) is 88.8 Å². The molecule has 0 spiro atoms. The molecule has 3 aromatic carbocycles. The van der Waals surface area contributed by atoms with Gasteiger partial charge in [0, 0.05) is 21.5 Å². The third-order valence-corrected chi connectivity index (χ3v) is 6.16. The van der Waals surface area contributed by atoms with E-state index in [1.165, 1.54) is 16.3 Å². The highest BCUT2D eigenvalue weighted by atomic mass is 35.5. The van der Waals surface area contributed by atoms with Crippen LogP contribution in [0.1, 0.15) is 10.4 Å². The molecule has 152 valence electrons. The van der Waals surface area contributed by atoms with Gasteiger partial charge in [-0.05, 0) is 24.3 Å². The summed E-state index contributed by atoms with van der Waals surface area (Å²) in [6, 6.07) is 23.8. The van der Waals surface area contributed by atoms with Crippen molar-refractivity contribution < 1.29 is 4.79 Å². The summed E-state index contributed by atoms with van der Waals surface area (Å²) in [6.07, 6.45) is 0. The molecule has 31 heavy (non-hydrogen) atoms. The van der Waals surface area contributed by atoms with Crippen LogP contribution in [0.3, 0.4) is 0 Å². The van der Waals surface area contributed by atoms with Crippen molar-refractivity contribution in [1.82, 2.24) is 14.5 Å². The van der Waals surface area contributed by atoms with Crippen LogP contribution in [0, 0.1) is 0 Å². The van der Waals surface area contributed by atoms with Gasteiger partial charge >= 0.3 is 0 Å². The Hall–Kier alpha value is -3.35. The van der Waals surface area contributed by atoms with Gasteiger partial charge in [-0.15, -0.1) is 0 Å². The first-order valence-corrected chi connectivity index (χ1v) is 11.0. The summed E-state index contributed by atoms with van der Waals surface area (Å²) in [5.74, 6) is 0.127. The van der Waals surface area contributed by atoms with E-state index in [-0.39, 0.29) is 17.1 Å². The number of ketones is 1. The average molecular weight is 446 g/mol. The van der Waals surface area contributed by atoms with Crippen molar-refractivity contribution in [2.75, 3.05) is 5.75 Å². The van der Waals surface area contributed by atoms with Gasteiger partial charge in [0.1, 0.15) is 11.0 Å². The van der Waals surface area contributed by atoms with E-state index in [0.29, 0.717) is 32.5 Å². The quantitative estimate of drug-likeness (QED) is 0.220. The third-order valence-electron chi connectivity index (χ3n) is 4.99. The molecule has 0 saturated carbocycles. The van der Waals surface area contributed by atoms with E-state index >= 15 is 0 Å². The van der Waals surface area contributed by atoms with Crippen LogP contribution >= 0.6 is 23.4 Å². The number of hydrogen-bond acceptors (Lipinski definition) is 4. The molecule has 5 nitrogen and oxygen atoms in total. The van der Waals surface area contributed by atoms with Crippen molar-refractivity contribution in [2.24, 2.45) is 0 Å². The van der Waals surface area contributed by atoms with Crippen LogP contribution < -0.4 is 5.56 Å². The number of fused-ring (bicyclic) bond motifs is 3. The monoisotopic (exact) mass is 445 g/mol. The summed E-state index contributed by atoms with van der Waals surface area (Å²) in [4.78, 5) is 34.1. The number of para-hydroxylation sites is 1. The van der Waals surface area contributed by atoms with Gasteiger partial charge in [-0.3, -0.25) is 14.2 Å². The first kappa shape index (κ1) is 19.6. The minimum Gasteiger partial charge on any atom is -0.349 e. The lowest BCUT2D eigenvalue weighted by atomic mass is 10.2. The molecule has 7 heteroatoms. The maximum Gasteiger partial charge on any atom is 0.283 e. The van der Waals surface area contributed by atoms with E-state index < -0.39 is 0 Å². The molecule has 1 N–H and O–H groups in total. The highest BCUT2D eigenvalue weighted by molar-refractivity contribution is 7.99. The van der Waals surface area contributed by atoms with Crippen molar-refractivity contribution in [3.8, 4) is 5.69 Å². The zero-order valence-electron chi connectivity index (χ0n) is 16.2. The minimum absolute atomic E-state index is 0.0310.